The van der Waals surface area contributed by atoms with E-state index in [0.717, 1.165) is 10.8 Å². The maximum absolute atomic E-state index is 4.28. The third-order valence-electron chi connectivity index (χ3n) is 1.90. The summed E-state index contributed by atoms with van der Waals surface area (Å²) in [4.78, 5) is 8.06. The van der Waals surface area contributed by atoms with Crippen molar-refractivity contribution in [1.29, 1.82) is 0 Å². The van der Waals surface area contributed by atoms with Gasteiger partial charge in [-0.3, -0.25) is 4.98 Å². The third kappa shape index (κ3) is 6.74. The van der Waals surface area contributed by atoms with E-state index in [1.807, 2.05) is 36.2 Å². The molecule has 0 aliphatic carbocycles. The molecule has 0 atom stereocenters. The molecular weight excluding hydrogens is 228 g/mol. The summed E-state index contributed by atoms with van der Waals surface area (Å²) in [7, 11) is 0. The predicted octanol–water partition coefficient (Wildman–Crippen LogP) is 3.97. The zero-order valence-corrected chi connectivity index (χ0v) is 11.2. The molecule has 0 unspecified atom stereocenters. The van der Waals surface area contributed by atoms with Crippen molar-refractivity contribution in [3.63, 3.8) is 0 Å². The molecule has 2 aromatic rings. The van der Waals surface area contributed by atoms with Crippen molar-refractivity contribution in [2.24, 2.45) is 0 Å². The summed E-state index contributed by atoms with van der Waals surface area (Å²) < 4.78 is 0. The summed E-state index contributed by atoms with van der Waals surface area (Å²) in [5.74, 6) is 1.16. The maximum atomic E-state index is 4.28. The number of pyridine rings is 2. The van der Waals surface area contributed by atoms with Crippen molar-refractivity contribution >= 4 is 11.8 Å². The second-order valence-corrected chi connectivity index (χ2v) is 4.66. The van der Waals surface area contributed by atoms with Crippen LogP contribution in [0.5, 0.6) is 0 Å². The van der Waals surface area contributed by atoms with Crippen molar-refractivity contribution in [2.75, 3.05) is 5.75 Å². The van der Waals surface area contributed by atoms with Crippen molar-refractivity contribution < 1.29 is 0 Å². The van der Waals surface area contributed by atoms with Gasteiger partial charge in [-0.2, -0.15) is 0 Å². The highest BCUT2D eigenvalue weighted by Gasteiger charge is 1.92. The predicted molar refractivity (Wildman–Crippen MR) is 74.2 cm³/mol. The number of aryl methyl sites for hydroxylation is 1. The van der Waals surface area contributed by atoms with E-state index in [9.17, 15) is 0 Å². The molecule has 0 bridgehead atoms. The van der Waals surface area contributed by atoms with E-state index >= 15 is 0 Å². The minimum atomic E-state index is 1.14. The number of hydrogen-bond donors (Lipinski definition) is 0. The van der Waals surface area contributed by atoms with Crippen LogP contribution >= 0.6 is 11.8 Å². The molecule has 0 N–H and O–H groups in total. The molecule has 2 heterocycles. The van der Waals surface area contributed by atoms with Crippen LogP contribution in [-0.4, -0.2) is 15.7 Å². The van der Waals surface area contributed by atoms with Crippen LogP contribution in [0, 0.1) is 6.92 Å². The van der Waals surface area contributed by atoms with Crippen LogP contribution < -0.4 is 0 Å². The van der Waals surface area contributed by atoms with Gasteiger partial charge in [-0.15, -0.1) is 11.8 Å². The Balaban J connectivity index is 0.000000202. The Bertz CT molecular complexity index is 360. The molecule has 17 heavy (non-hydrogen) atoms. The highest BCUT2D eigenvalue weighted by molar-refractivity contribution is 7.99. The molecule has 2 aromatic heterocycles. The fourth-order valence-electron chi connectivity index (χ4n) is 1.06. The molecule has 0 saturated heterocycles. The van der Waals surface area contributed by atoms with Gasteiger partial charge >= 0.3 is 0 Å². The Hall–Kier alpha value is -1.35. The van der Waals surface area contributed by atoms with E-state index in [4.69, 9.17) is 0 Å². The van der Waals surface area contributed by atoms with Crippen molar-refractivity contribution in [1.82, 2.24) is 9.97 Å². The van der Waals surface area contributed by atoms with Gasteiger partial charge in [-0.1, -0.05) is 19.1 Å². The van der Waals surface area contributed by atoms with E-state index in [-0.39, 0.29) is 0 Å². The Kier molecular flexibility index (Phi) is 7.07. The van der Waals surface area contributed by atoms with Gasteiger partial charge in [-0.05, 0) is 42.9 Å². The first-order chi connectivity index (χ1) is 8.33. The number of nitrogens with zero attached hydrogens (tertiary/aromatic N) is 2. The topological polar surface area (TPSA) is 25.8 Å². The molecule has 0 radical (unpaired) electrons. The molecule has 0 aliphatic heterocycles. The average Bonchev–Trinajstić information content (AvgIpc) is 2.41. The number of thioether (sulfide) groups is 1. The zero-order chi connectivity index (χ0) is 12.3. The Morgan fingerprint density at radius 2 is 1.88 bits per heavy atom. The lowest BCUT2D eigenvalue weighted by Gasteiger charge is -1.97. The highest BCUT2D eigenvalue weighted by Crippen LogP contribution is 2.15. The first-order valence-corrected chi connectivity index (χ1v) is 6.72. The summed E-state index contributed by atoms with van der Waals surface area (Å²) in [6, 6.07) is 9.90. The third-order valence-corrected chi connectivity index (χ3v) is 3.05. The van der Waals surface area contributed by atoms with E-state index in [0.29, 0.717) is 0 Å². The van der Waals surface area contributed by atoms with Gasteiger partial charge < -0.3 is 0 Å². The molecule has 0 saturated carbocycles. The van der Waals surface area contributed by atoms with Gasteiger partial charge in [0, 0.05) is 18.6 Å². The second-order valence-electron chi connectivity index (χ2n) is 3.55. The van der Waals surface area contributed by atoms with E-state index in [1.165, 1.54) is 12.0 Å². The molecular formula is C14H18N2S. The lowest BCUT2D eigenvalue weighted by atomic mass is 10.3. The lowest BCUT2D eigenvalue weighted by molar-refractivity contribution is 1.07. The molecule has 90 valence electrons. The van der Waals surface area contributed by atoms with Gasteiger partial charge in [0.1, 0.15) is 0 Å². The van der Waals surface area contributed by atoms with Crippen LogP contribution in [0.2, 0.25) is 0 Å². The summed E-state index contributed by atoms with van der Waals surface area (Å²) in [5, 5.41) is 1.14. The standard InChI is InChI=1S/C9H13NS.C5H5N/c1-3-6-11-9-5-4-8(2)7-10-9;1-2-4-6-5-3-1/h4-5,7H,3,6H2,1-2H3;1-5H. The SMILES string of the molecule is CCCSc1ccc(C)cn1.c1ccncc1. The summed E-state index contributed by atoms with van der Waals surface area (Å²) in [5.41, 5.74) is 1.23. The van der Waals surface area contributed by atoms with Crippen LogP contribution in [0.25, 0.3) is 0 Å². The largest absolute Gasteiger partial charge is 0.265 e. The minimum Gasteiger partial charge on any atom is -0.265 e. The zero-order valence-electron chi connectivity index (χ0n) is 10.3. The number of aromatic nitrogens is 2. The maximum Gasteiger partial charge on any atom is 0.0960 e. The fourth-order valence-corrected chi connectivity index (χ4v) is 1.76. The molecule has 0 aliphatic rings. The number of rotatable bonds is 3. The Labute approximate surface area is 108 Å². The van der Waals surface area contributed by atoms with E-state index < -0.39 is 0 Å². The van der Waals surface area contributed by atoms with Crippen LogP contribution in [-0.2, 0) is 0 Å². The van der Waals surface area contributed by atoms with Gasteiger partial charge in [-0.25, -0.2) is 4.98 Å². The molecule has 3 heteroatoms. The Morgan fingerprint density at radius 1 is 1.12 bits per heavy atom. The Morgan fingerprint density at radius 3 is 2.29 bits per heavy atom. The molecule has 0 spiro atoms. The monoisotopic (exact) mass is 246 g/mol. The van der Waals surface area contributed by atoms with Crippen LogP contribution in [0.3, 0.4) is 0 Å². The molecule has 0 fully saturated rings. The van der Waals surface area contributed by atoms with Gasteiger partial charge in [0.05, 0.1) is 5.03 Å². The summed E-state index contributed by atoms with van der Waals surface area (Å²) in [6.45, 7) is 4.24. The molecule has 2 nitrogen and oxygen atoms in total. The minimum absolute atomic E-state index is 1.14. The van der Waals surface area contributed by atoms with Crippen molar-refractivity contribution in [2.45, 2.75) is 25.3 Å². The highest BCUT2D eigenvalue weighted by atomic mass is 32.2. The average molecular weight is 246 g/mol. The molecule has 0 amide bonds. The van der Waals surface area contributed by atoms with Crippen molar-refractivity contribution in [3.05, 3.63) is 54.5 Å². The summed E-state index contributed by atoms with van der Waals surface area (Å²) in [6.07, 6.45) is 6.62. The van der Waals surface area contributed by atoms with Gasteiger partial charge in [0.25, 0.3) is 0 Å². The first-order valence-electron chi connectivity index (χ1n) is 5.73. The van der Waals surface area contributed by atoms with E-state index in [1.54, 1.807) is 12.4 Å². The first kappa shape index (κ1) is 13.7. The molecule has 0 aromatic carbocycles. The van der Waals surface area contributed by atoms with E-state index in [2.05, 4.69) is 35.9 Å². The lowest BCUT2D eigenvalue weighted by Crippen LogP contribution is -1.81. The van der Waals surface area contributed by atoms with Crippen molar-refractivity contribution in [3.8, 4) is 0 Å². The second kappa shape index (κ2) is 8.76. The van der Waals surface area contributed by atoms with Crippen LogP contribution in [0.1, 0.15) is 18.9 Å². The number of hydrogen-bond acceptors (Lipinski definition) is 3. The molecule has 2 rings (SSSR count). The fraction of sp³-hybridized carbons (Fsp3) is 0.286. The van der Waals surface area contributed by atoms with Gasteiger partial charge in [0.15, 0.2) is 0 Å². The van der Waals surface area contributed by atoms with Gasteiger partial charge in [0.2, 0.25) is 0 Å². The van der Waals surface area contributed by atoms with Crippen LogP contribution in [0.15, 0.2) is 53.9 Å². The summed E-state index contributed by atoms with van der Waals surface area (Å²) >= 11 is 1.82. The van der Waals surface area contributed by atoms with Crippen LogP contribution in [0.4, 0.5) is 0 Å². The quantitative estimate of drug-likeness (QED) is 0.766. The normalized spacial score (nSPS) is 9.29. The smallest absolute Gasteiger partial charge is 0.0960 e.